The predicted molar refractivity (Wildman–Crippen MR) is 80.1 cm³/mol. The maximum absolute atomic E-state index is 14.0. The van der Waals surface area contributed by atoms with Crippen LogP contribution in [-0.2, 0) is 9.53 Å². The van der Waals surface area contributed by atoms with Crippen molar-refractivity contribution < 1.29 is 18.7 Å². The minimum absolute atomic E-state index is 0.0291. The van der Waals surface area contributed by atoms with E-state index in [0.29, 0.717) is 19.4 Å². The lowest BCUT2D eigenvalue weighted by atomic mass is 9.92. The number of carbonyl (C=O) groups is 2. The standard InChI is InChI=1S/C15H18ClFN2O3/c1-22-9-15(8-12(18)20)6-3-7-19(15)14(21)13-10(16)4-2-5-11(13)17/h2,4-5H,3,6-9H2,1H3,(H2,18,20). The quantitative estimate of drug-likeness (QED) is 0.898. The van der Waals surface area contributed by atoms with Gasteiger partial charge in [-0.25, -0.2) is 4.39 Å². The number of halogens is 2. The lowest BCUT2D eigenvalue weighted by Crippen LogP contribution is -2.52. The number of nitrogens with two attached hydrogens (primary N) is 1. The molecule has 0 bridgehead atoms. The molecule has 1 unspecified atom stereocenters. The zero-order valence-corrected chi connectivity index (χ0v) is 13.0. The Hall–Kier alpha value is -1.66. The molecule has 2 rings (SSSR count). The number of rotatable bonds is 5. The molecule has 0 radical (unpaired) electrons. The van der Waals surface area contributed by atoms with E-state index in [0.717, 1.165) is 0 Å². The van der Waals surface area contributed by atoms with Crippen molar-refractivity contribution in [3.05, 3.63) is 34.6 Å². The normalized spacial score (nSPS) is 21.1. The molecule has 1 heterocycles. The van der Waals surface area contributed by atoms with Crippen LogP contribution in [0.3, 0.4) is 0 Å². The molecule has 1 saturated heterocycles. The largest absolute Gasteiger partial charge is 0.382 e. The summed E-state index contributed by atoms with van der Waals surface area (Å²) in [5, 5.41) is 0.0438. The molecule has 120 valence electrons. The monoisotopic (exact) mass is 328 g/mol. The molecule has 0 aromatic heterocycles. The van der Waals surface area contributed by atoms with E-state index in [1.165, 1.54) is 30.2 Å². The highest BCUT2D eigenvalue weighted by molar-refractivity contribution is 6.33. The van der Waals surface area contributed by atoms with Crippen molar-refractivity contribution in [1.82, 2.24) is 4.90 Å². The lowest BCUT2D eigenvalue weighted by molar-refractivity contribution is -0.121. The first-order valence-electron chi connectivity index (χ1n) is 6.94. The second kappa shape index (κ2) is 6.62. The molecule has 0 aliphatic carbocycles. The van der Waals surface area contributed by atoms with E-state index >= 15 is 0 Å². The van der Waals surface area contributed by atoms with Crippen LogP contribution >= 0.6 is 11.6 Å². The van der Waals surface area contributed by atoms with Crippen molar-refractivity contribution >= 4 is 23.4 Å². The second-order valence-corrected chi connectivity index (χ2v) is 5.86. The summed E-state index contributed by atoms with van der Waals surface area (Å²) in [6.45, 7) is 0.563. The molecular weight excluding hydrogens is 311 g/mol. The molecule has 1 aromatic rings. The molecule has 0 spiro atoms. The summed E-state index contributed by atoms with van der Waals surface area (Å²) in [6.07, 6.45) is 1.23. The van der Waals surface area contributed by atoms with Crippen molar-refractivity contribution in [1.29, 1.82) is 0 Å². The van der Waals surface area contributed by atoms with Gasteiger partial charge in [-0.05, 0) is 25.0 Å². The van der Waals surface area contributed by atoms with Crippen LogP contribution in [0.1, 0.15) is 29.6 Å². The molecule has 1 aliphatic rings. The highest BCUT2D eigenvalue weighted by Crippen LogP contribution is 2.35. The van der Waals surface area contributed by atoms with Crippen LogP contribution in [0.15, 0.2) is 18.2 Å². The molecule has 1 aliphatic heterocycles. The number of amides is 2. The van der Waals surface area contributed by atoms with Crippen LogP contribution in [0.5, 0.6) is 0 Å². The van der Waals surface area contributed by atoms with E-state index in [2.05, 4.69) is 0 Å². The molecular formula is C15H18ClFN2O3. The third-order valence-corrected chi connectivity index (χ3v) is 4.25. The van der Waals surface area contributed by atoms with Gasteiger partial charge in [0.25, 0.3) is 5.91 Å². The molecule has 1 fully saturated rings. The molecule has 22 heavy (non-hydrogen) atoms. The summed E-state index contributed by atoms with van der Waals surface area (Å²) in [5.74, 6) is -1.76. The number of hydrogen-bond acceptors (Lipinski definition) is 3. The Kier molecular flexibility index (Phi) is 5.03. The maximum atomic E-state index is 14.0. The van der Waals surface area contributed by atoms with Gasteiger partial charge in [-0.15, -0.1) is 0 Å². The fraction of sp³-hybridized carbons (Fsp3) is 0.467. The van der Waals surface area contributed by atoms with Crippen molar-refractivity contribution in [2.24, 2.45) is 5.73 Å². The Morgan fingerprint density at radius 1 is 1.50 bits per heavy atom. The van der Waals surface area contributed by atoms with Gasteiger partial charge in [-0.3, -0.25) is 9.59 Å². The van der Waals surface area contributed by atoms with Crippen LogP contribution in [0.25, 0.3) is 0 Å². The summed E-state index contributed by atoms with van der Waals surface area (Å²) < 4.78 is 19.2. The molecule has 5 nitrogen and oxygen atoms in total. The van der Waals surface area contributed by atoms with Gasteiger partial charge in [0.2, 0.25) is 5.91 Å². The Labute approximate surface area is 133 Å². The van der Waals surface area contributed by atoms with Crippen LogP contribution in [0.2, 0.25) is 5.02 Å². The lowest BCUT2D eigenvalue weighted by Gasteiger charge is -2.37. The number of methoxy groups -OCH3 is 1. The Balaban J connectivity index is 2.40. The average Bonchev–Trinajstić information content (AvgIpc) is 2.81. The first-order chi connectivity index (χ1) is 10.4. The van der Waals surface area contributed by atoms with E-state index in [-0.39, 0.29) is 23.6 Å². The zero-order chi connectivity index (χ0) is 16.3. The summed E-state index contributed by atoms with van der Waals surface area (Å²) in [7, 11) is 1.49. The van der Waals surface area contributed by atoms with Gasteiger partial charge in [0.05, 0.1) is 29.2 Å². The van der Waals surface area contributed by atoms with Crippen molar-refractivity contribution in [3.63, 3.8) is 0 Å². The average molecular weight is 329 g/mol. The van der Waals surface area contributed by atoms with E-state index < -0.39 is 23.2 Å². The van der Waals surface area contributed by atoms with Crippen LogP contribution in [-0.4, -0.2) is 42.5 Å². The topological polar surface area (TPSA) is 72.6 Å². The number of primary amides is 1. The van der Waals surface area contributed by atoms with Gasteiger partial charge in [0, 0.05) is 13.7 Å². The molecule has 2 N–H and O–H groups in total. The van der Waals surface area contributed by atoms with Crippen molar-refractivity contribution in [3.8, 4) is 0 Å². The van der Waals surface area contributed by atoms with Gasteiger partial charge < -0.3 is 15.4 Å². The van der Waals surface area contributed by atoms with Crippen molar-refractivity contribution in [2.45, 2.75) is 24.8 Å². The van der Waals surface area contributed by atoms with Crippen molar-refractivity contribution in [2.75, 3.05) is 20.3 Å². The predicted octanol–water partition coefficient (Wildman–Crippen LogP) is 1.98. The van der Waals surface area contributed by atoms with Gasteiger partial charge in [0.15, 0.2) is 0 Å². The first kappa shape index (κ1) is 16.7. The molecule has 1 atom stereocenters. The number of benzene rings is 1. The van der Waals surface area contributed by atoms with E-state index in [4.69, 9.17) is 22.1 Å². The number of hydrogen-bond donors (Lipinski definition) is 1. The third kappa shape index (κ3) is 3.08. The molecule has 2 amide bonds. The SMILES string of the molecule is COCC1(CC(N)=O)CCCN1C(=O)c1c(F)cccc1Cl. The summed E-state index contributed by atoms with van der Waals surface area (Å²) in [4.78, 5) is 25.6. The smallest absolute Gasteiger partial charge is 0.258 e. The van der Waals surface area contributed by atoms with Crippen LogP contribution in [0.4, 0.5) is 4.39 Å². The van der Waals surface area contributed by atoms with Gasteiger partial charge in [-0.1, -0.05) is 17.7 Å². The number of nitrogens with zero attached hydrogens (tertiary/aromatic N) is 1. The van der Waals surface area contributed by atoms with Crippen LogP contribution in [0, 0.1) is 5.82 Å². The van der Waals surface area contributed by atoms with Gasteiger partial charge in [-0.2, -0.15) is 0 Å². The number of carbonyl (C=O) groups excluding carboxylic acids is 2. The Bertz CT molecular complexity index is 576. The third-order valence-electron chi connectivity index (χ3n) is 3.93. The summed E-state index contributed by atoms with van der Waals surface area (Å²) in [5.41, 5.74) is 4.29. The molecule has 0 saturated carbocycles. The van der Waals surface area contributed by atoms with Crippen LogP contribution < -0.4 is 5.73 Å². The Morgan fingerprint density at radius 3 is 2.82 bits per heavy atom. The minimum Gasteiger partial charge on any atom is -0.382 e. The summed E-state index contributed by atoms with van der Waals surface area (Å²) >= 11 is 5.97. The fourth-order valence-electron chi connectivity index (χ4n) is 3.07. The minimum atomic E-state index is -0.844. The number of ether oxygens (including phenoxy) is 1. The number of likely N-dealkylation sites (tertiary alicyclic amines) is 1. The van der Waals surface area contributed by atoms with Gasteiger partial charge in [0.1, 0.15) is 5.82 Å². The first-order valence-corrected chi connectivity index (χ1v) is 7.32. The summed E-state index contributed by atoms with van der Waals surface area (Å²) in [6, 6.07) is 4.07. The van der Waals surface area contributed by atoms with E-state index in [1.54, 1.807) is 0 Å². The van der Waals surface area contributed by atoms with Gasteiger partial charge >= 0.3 is 0 Å². The maximum Gasteiger partial charge on any atom is 0.258 e. The highest BCUT2D eigenvalue weighted by Gasteiger charge is 2.45. The second-order valence-electron chi connectivity index (χ2n) is 5.46. The fourth-order valence-corrected chi connectivity index (χ4v) is 3.31. The zero-order valence-electron chi connectivity index (χ0n) is 12.3. The molecule has 7 heteroatoms. The van der Waals surface area contributed by atoms with E-state index in [9.17, 15) is 14.0 Å². The highest BCUT2D eigenvalue weighted by atomic mass is 35.5. The van der Waals surface area contributed by atoms with E-state index in [1.807, 2.05) is 0 Å². The molecule has 1 aromatic carbocycles. The Morgan fingerprint density at radius 2 is 2.23 bits per heavy atom.